The largest absolute Gasteiger partial charge is 0.481 e. The number of hydrogen-bond acceptors (Lipinski definition) is 3. The lowest BCUT2D eigenvalue weighted by molar-refractivity contribution is -0.135. The fourth-order valence-electron chi connectivity index (χ4n) is 0. The van der Waals surface area contributed by atoms with Crippen LogP contribution in [0.5, 0.6) is 0 Å². The minimum absolute atomic E-state index is 0. The van der Waals surface area contributed by atoms with Crippen LogP contribution < -0.4 is 0 Å². The Morgan fingerprint density at radius 2 is 0.667 bits per heavy atom. The molecule has 0 heterocycles. The Hall–Kier alpha value is -1.14. The number of carboxylic acids is 3. The van der Waals surface area contributed by atoms with Crippen molar-refractivity contribution >= 4 is 35.3 Å². The van der Waals surface area contributed by atoms with Crippen molar-refractivity contribution in [3.8, 4) is 0 Å². The Labute approximate surface area is 97.3 Å². The third-order valence-electron chi connectivity index (χ3n) is 0. The third-order valence-corrected chi connectivity index (χ3v) is 0. The van der Waals surface area contributed by atoms with Gasteiger partial charge in [-0.25, -0.2) is 0 Å². The van der Waals surface area contributed by atoms with Crippen molar-refractivity contribution in [2.75, 3.05) is 0 Å². The standard InChI is InChI=1S/3C2H4O2.Al.2H2O.H/c3*1-2(3)4;;;;/h3*1H3,(H,3,4);;2*1H2;. The molecule has 0 spiro atoms. The lowest BCUT2D eigenvalue weighted by Crippen LogP contribution is -1.78. The quantitative estimate of drug-likeness (QED) is 0.414. The van der Waals surface area contributed by atoms with E-state index in [0.29, 0.717) is 0 Å². The summed E-state index contributed by atoms with van der Waals surface area (Å²) in [6.07, 6.45) is 0. The van der Waals surface area contributed by atoms with Gasteiger partial charge in [-0.3, -0.25) is 14.4 Å². The van der Waals surface area contributed by atoms with E-state index in [9.17, 15) is 0 Å². The van der Waals surface area contributed by atoms with Crippen LogP contribution in [0.4, 0.5) is 0 Å². The van der Waals surface area contributed by atoms with Crippen LogP contribution in [0.15, 0.2) is 0 Å². The van der Waals surface area contributed by atoms with Gasteiger partial charge in [0.1, 0.15) is 0 Å². The molecule has 0 bridgehead atoms. The summed E-state index contributed by atoms with van der Waals surface area (Å²) in [5, 5.41) is 22.2. The second-order valence-corrected chi connectivity index (χ2v) is 1.56. The Bertz CT molecular complexity index is 117. The first-order chi connectivity index (χ1) is 5.20. The van der Waals surface area contributed by atoms with E-state index in [-0.39, 0.29) is 28.3 Å². The molecule has 0 aliphatic heterocycles. The minimum atomic E-state index is -0.833. The first-order valence-electron chi connectivity index (χ1n) is 2.78. The summed E-state index contributed by atoms with van der Waals surface area (Å²) in [5.41, 5.74) is 0. The van der Waals surface area contributed by atoms with Gasteiger partial charge >= 0.3 is 0 Å². The molecule has 0 aromatic heterocycles. The maximum Gasteiger partial charge on any atom is 0.300 e. The Kier molecular flexibility index (Phi) is 72.4. The summed E-state index contributed by atoms with van der Waals surface area (Å²) in [6, 6.07) is 0. The molecule has 0 amide bonds. The molecular formula is C6H17AlO8. The molecule has 0 saturated heterocycles. The maximum atomic E-state index is 9.00. The molecule has 0 atom stereocenters. The third kappa shape index (κ3) is 1170. The van der Waals surface area contributed by atoms with E-state index in [2.05, 4.69) is 0 Å². The van der Waals surface area contributed by atoms with E-state index in [1.54, 1.807) is 0 Å². The van der Waals surface area contributed by atoms with Crippen LogP contribution in [-0.4, -0.2) is 61.5 Å². The number of carboxylic acid groups (broad SMARTS) is 3. The van der Waals surface area contributed by atoms with Crippen LogP contribution in [0.1, 0.15) is 20.8 Å². The normalized spacial score (nSPS) is 5.00. The van der Waals surface area contributed by atoms with Crippen molar-refractivity contribution in [2.45, 2.75) is 20.8 Å². The second kappa shape index (κ2) is 29.3. The average molecular weight is 244 g/mol. The number of hydrogen-bond donors (Lipinski definition) is 3. The monoisotopic (exact) mass is 244 g/mol. The van der Waals surface area contributed by atoms with E-state index in [4.69, 9.17) is 29.7 Å². The highest BCUT2D eigenvalue weighted by Crippen LogP contribution is 1.42. The molecule has 9 heteroatoms. The van der Waals surface area contributed by atoms with Gasteiger partial charge in [-0.1, -0.05) is 0 Å². The molecule has 0 aromatic rings. The summed E-state index contributed by atoms with van der Waals surface area (Å²) in [6.45, 7) is 3.25. The van der Waals surface area contributed by atoms with Gasteiger partial charge in [-0.05, 0) is 0 Å². The van der Waals surface area contributed by atoms with E-state index in [1.165, 1.54) is 0 Å². The van der Waals surface area contributed by atoms with Crippen LogP contribution in [0.25, 0.3) is 0 Å². The summed E-state index contributed by atoms with van der Waals surface area (Å²) in [5.74, 6) is -2.50. The molecule has 0 unspecified atom stereocenters. The average Bonchev–Trinajstić information content (AvgIpc) is 1.54. The van der Waals surface area contributed by atoms with Crippen LogP contribution in [-0.2, 0) is 14.4 Å². The number of carbonyl (C=O) groups is 3. The van der Waals surface area contributed by atoms with Gasteiger partial charge < -0.3 is 26.3 Å². The van der Waals surface area contributed by atoms with Gasteiger partial charge in [0, 0.05) is 20.8 Å². The molecule has 0 rings (SSSR count). The fraction of sp³-hybridized carbons (Fsp3) is 0.500. The van der Waals surface area contributed by atoms with Crippen molar-refractivity contribution < 1.29 is 40.7 Å². The van der Waals surface area contributed by atoms with Crippen molar-refractivity contribution in [1.82, 2.24) is 0 Å². The lowest BCUT2D eigenvalue weighted by Gasteiger charge is -1.59. The van der Waals surface area contributed by atoms with Gasteiger partial charge in [-0.15, -0.1) is 0 Å². The van der Waals surface area contributed by atoms with Crippen molar-refractivity contribution in [3.05, 3.63) is 0 Å². The smallest absolute Gasteiger partial charge is 0.300 e. The zero-order chi connectivity index (χ0) is 10.7. The summed E-state index contributed by atoms with van der Waals surface area (Å²) in [4.78, 5) is 27.0. The molecule has 0 aliphatic rings. The van der Waals surface area contributed by atoms with E-state index in [0.717, 1.165) is 20.8 Å². The zero-order valence-corrected chi connectivity index (χ0v) is 10.2. The van der Waals surface area contributed by atoms with E-state index < -0.39 is 17.9 Å². The number of aliphatic carboxylic acids is 3. The Morgan fingerprint density at radius 3 is 0.667 bits per heavy atom. The first-order valence-corrected chi connectivity index (χ1v) is 2.78. The fourth-order valence-corrected chi connectivity index (χ4v) is 0. The van der Waals surface area contributed by atoms with Gasteiger partial charge in [0.05, 0.1) is 17.4 Å². The molecule has 0 aliphatic carbocycles. The van der Waals surface area contributed by atoms with Crippen LogP contribution in [0.2, 0.25) is 0 Å². The highest BCUT2D eigenvalue weighted by Gasteiger charge is 1.66. The summed E-state index contributed by atoms with van der Waals surface area (Å²) >= 11 is 0. The predicted octanol–water partition coefficient (Wildman–Crippen LogP) is -2.03. The predicted molar refractivity (Wildman–Crippen MR) is 54.3 cm³/mol. The van der Waals surface area contributed by atoms with E-state index >= 15 is 0 Å². The number of rotatable bonds is 0. The van der Waals surface area contributed by atoms with Crippen molar-refractivity contribution in [2.24, 2.45) is 0 Å². The molecule has 92 valence electrons. The van der Waals surface area contributed by atoms with Crippen LogP contribution in [0.3, 0.4) is 0 Å². The van der Waals surface area contributed by atoms with Crippen molar-refractivity contribution in [3.63, 3.8) is 0 Å². The van der Waals surface area contributed by atoms with Crippen molar-refractivity contribution in [1.29, 1.82) is 0 Å². The highest BCUT2D eigenvalue weighted by molar-refractivity contribution is 5.75. The second-order valence-electron chi connectivity index (χ2n) is 1.56. The van der Waals surface area contributed by atoms with Gasteiger partial charge in [0.15, 0.2) is 0 Å². The highest BCUT2D eigenvalue weighted by atomic mass is 27.0. The van der Waals surface area contributed by atoms with Gasteiger partial charge in [0.2, 0.25) is 0 Å². The zero-order valence-electron chi connectivity index (χ0n) is 8.77. The maximum absolute atomic E-state index is 9.00. The van der Waals surface area contributed by atoms with Crippen LogP contribution >= 0.6 is 0 Å². The van der Waals surface area contributed by atoms with E-state index in [1.807, 2.05) is 0 Å². The molecule has 15 heavy (non-hydrogen) atoms. The van der Waals surface area contributed by atoms with Gasteiger partial charge in [0.25, 0.3) is 17.9 Å². The molecule has 7 N–H and O–H groups in total. The minimum Gasteiger partial charge on any atom is -0.481 e. The molecule has 2 radical (unpaired) electrons. The molecular weight excluding hydrogens is 227 g/mol. The Balaban J connectivity index is -0.0000000184. The topological polar surface area (TPSA) is 175 Å². The summed E-state index contributed by atoms with van der Waals surface area (Å²) < 4.78 is 0. The molecule has 0 saturated carbocycles. The lowest BCUT2D eigenvalue weighted by atomic mass is 10.9. The summed E-state index contributed by atoms with van der Waals surface area (Å²) in [7, 11) is 0. The SMILES string of the molecule is CC(=O)O.CC(=O)O.CC(=O)O.O.O.[AlH]. The first kappa shape index (κ1) is 37.1. The molecule has 8 nitrogen and oxygen atoms in total. The van der Waals surface area contributed by atoms with Gasteiger partial charge in [-0.2, -0.15) is 0 Å². The Morgan fingerprint density at radius 1 is 0.667 bits per heavy atom. The molecule has 0 fully saturated rings. The molecule has 0 aromatic carbocycles. The van der Waals surface area contributed by atoms with Crippen LogP contribution in [0, 0.1) is 0 Å².